The molecule has 27 heavy (non-hydrogen) atoms. The molecule has 142 valence electrons. The largest absolute Gasteiger partial charge is 0.490 e. The number of ether oxygens (including phenoxy) is 2. The lowest BCUT2D eigenvalue weighted by Crippen LogP contribution is -2.18. The second-order valence-electron chi connectivity index (χ2n) is 6.74. The van der Waals surface area contributed by atoms with E-state index < -0.39 is 0 Å². The van der Waals surface area contributed by atoms with Gasteiger partial charge in [0.05, 0.1) is 19.0 Å². The number of benzene rings is 2. The molecule has 0 unspecified atom stereocenters. The van der Waals surface area contributed by atoms with Crippen molar-refractivity contribution in [1.82, 2.24) is 0 Å². The molecule has 2 aliphatic rings. The van der Waals surface area contributed by atoms with Gasteiger partial charge in [0.2, 0.25) is 5.91 Å². The first-order valence-corrected chi connectivity index (χ1v) is 10.4. The van der Waals surface area contributed by atoms with Crippen LogP contribution in [0.5, 0.6) is 11.5 Å². The minimum absolute atomic E-state index is 0.0129. The molecule has 0 atom stereocenters. The molecule has 0 bridgehead atoms. The number of anilines is 2. The molecule has 1 fully saturated rings. The SMILES string of the molecule is O=C(CSc1ccc2c(c1)OCCCO2)Nc1ccc(N2CCCC2)cc1. The minimum atomic E-state index is -0.0129. The fraction of sp³-hybridized carbons (Fsp3) is 0.381. The third-order valence-corrected chi connectivity index (χ3v) is 5.70. The number of nitrogens with zero attached hydrogens (tertiary/aromatic N) is 1. The zero-order valence-corrected chi connectivity index (χ0v) is 16.1. The summed E-state index contributed by atoms with van der Waals surface area (Å²) in [7, 11) is 0. The fourth-order valence-electron chi connectivity index (χ4n) is 3.31. The third-order valence-electron chi connectivity index (χ3n) is 4.71. The van der Waals surface area contributed by atoms with E-state index in [4.69, 9.17) is 9.47 Å². The van der Waals surface area contributed by atoms with Crippen LogP contribution in [0.1, 0.15) is 19.3 Å². The van der Waals surface area contributed by atoms with Gasteiger partial charge in [-0.05, 0) is 55.3 Å². The minimum Gasteiger partial charge on any atom is -0.490 e. The van der Waals surface area contributed by atoms with Crippen molar-refractivity contribution in [1.29, 1.82) is 0 Å². The van der Waals surface area contributed by atoms with Gasteiger partial charge in [0.15, 0.2) is 11.5 Å². The van der Waals surface area contributed by atoms with Gasteiger partial charge in [-0.2, -0.15) is 0 Å². The van der Waals surface area contributed by atoms with Gasteiger partial charge in [0.1, 0.15) is 0 Å². The highest BCUT2D eigenvalue weighted by molar-refractivity contribution is 8.00. The maximum atomic E-state index is 12.3. The summed E-state index contributed by atoms with van der Waals surface area (Å²) in [6, 6.07) is 13.9. The molecule has 0 aromatic heterocycles. The number of hydrogen-bond acceptors (Lipinski definition) is 5. The summed E-state index contributed by atoms with van der Waals surface area (Å²) >= 11 is 1.50. The quantitative estimate of drug-likeness (QED) is 0.784. The summed E-state index contributed by atoms with van der Waals surface area (Å²) in [5, 5.41) is 2.97. The highest BCUT2D eigenvalue weighted by atomic mass is 32.2. The van der Waals surface area contributed by atoms with E-state index in [-0.39, 0.29) is 5.91 Å². The van der Waals surface area contributed by atoms with Crippen molar-refractivity contribution in [2.45, 2.75) is 24.2 Å². The van der Waals surface area contributed by atoms with Gasteiger partial charge in [-0.25, -0.2) is 0 Å². The van der Waals surface area contributed by atoms with E-state index in [0.29, 0.717) is 19.0 Å². The molecule has 2 aromatic rings. The Morgan fingerprint density at radius 2 is 1.70 bits per heavy atom. The molecule has 6 heteroatoms. The number of hydrogen-bond donors (Lipinski definition) is 1. The first kappa shape index (κ1) is 18.0. The molecule has 0 radical (unpaired) electrons. The van der Waals surface area contributed by atoms with E-state index in [2.05, 4.69) is 22.3 Å². The molecule has 4 rings (SSSR count). The second-order valence-corrected chi connectivity index (χ2v) is 7.79. The Labute approximate surface area is 164 Å². The fourth-order valence-corrected chi connectivity index (χ4v) is 4.03. The summed E-state index contributed by atoms with van der Waals surface area (Å²) in [4.78, 5) is 15.7. The Balaban J connectivity index is 1.30. The van der Waals surface area contributed by atoms with Crippen LogP contribution in [0.25, 0.3) is 0 Å². The van der Waals surface area contributed by atoms with Crippen molar-refractivity contribution in [3.63, 3.8) is 0 Å². The van der Waals surface area contributed by atoms with Gasteiger partial charge in [-0.3, -0.25) is 4.79 Å². The molecule has 2 aromatic carbocycles. The normalized spacial score (nSPS) is 16.1. The molecule has 2 aliphatic heterocycles. The molecule has 0 saturated carbocycles. The van der Waals surface area contributed by atoms with Crippen molar-refractivity contribution in [2.24, 2.45) is 0 Å². The maximum absolute atomic E-state index is 12.3. The highest BCUT2D eigenvalue weighted by Gasteiger charge is 2.13. The van der Waals surface area contributed by atoms with Gasteiger partial charge in [-0.1, -0.05) is 0 Å². The van der Waals surface area contributed by atoms with Crippen molar-refractivity contribution in [3.05, 3.63) is 42.5 Å². The highest BCUT2D eigenvalue weighted by Crippen LogP contribution is 2.34. The Morgan fingerprint density at radius 3 is 2.48 bits per heavy atom. The van der Waals surface area contributed by atoms with E-state index in [1.807, 2.05) is 30.3 Å². The molecule has 1 amide bonds. The van der Waals surface area contributed by atoms with Crippen LogP contribution >= 0.6 is 11.8 Å². The molecular formula is C21H24N2O3S. The van der Waals surface area contributed by atoms with Crippen molar-refractivity contribution < 1.29 is 14.3 Å². The van der Waals surface area contributed by atoms with E-state index in [1.54, 1.807) is 0 Å². The lowest BCUT2D eigenvalue weighted by molar-refractivity contribution is -0.113. The topological polar surface area (TPSA) is 50.8 Å². The average molecular weight is 385 g/mol. The van der Waals surface area contributed by atoms with Gasteiger partial charge in [-0.15, -0.1) is 11.8 Å². The van der Waals surface area contributed by atoms with Gasteiger partial charge < -0.3 is 19.7 Å². The zero-order valence-electron chi connectivity index (χ0n) is 15.3. The standard InChI is InChI=1S/C21H24N2O3S/c24-21(22-16-4-6-17(7-5-16)23-10-1-2-11-23)15-27-18-8-9-19-20(14-18)26-13-3-12-25-19/h4-9,14H,1-3,10-13,15H2,(H,22,24). The molecule has 5 nitrogen and oxygen atoms in total. The predicted molar refractivity (Wildman–Crippen MR) is 109 cm³/mol. The molecular weight excluding hydrogens is 360 g/mol. The van der Waals surface area contributed by atoms with Gasteiger partial charge >= 0.3 is 0 Å². The number of carbonyl (C=O) groups excluding carboxylic acids is 1. The number of carbonyl (C=O) groups is 1. The van der Waals surface area contributed by atoms with Crippen LogP contribution in [0.3, 0.4) is 0 Å². The van der Waals surface area contributed by atoms with Crippen LogP contribution in [-0.4, -0.2) is 38.0 Å². The number of nitrogens with one attached hydrogen (secondary N) is 1. The zero-order chi connectivity index (χ0) is 18.5. The molecule has 2 heterocycles. The van der Waals surface area contributed by atoms with Crippen molar-refractivity contribution in [2.75, 3.05) is 42.3 Å². The number of thioether (sulfide) groups is 1. The lowest BCUT2D eigenvalue weighted by Gasteiger charge is -2.17. The summed E-state index contributed by atoms with van der Waals surface area (Å²) in [5.41, 5.74) is 2.06. The van der Waals surface area contributed by atoms with E-state index >= 15 is 0 Å². The van der Waals surface area contributed by atoms with Crippen LogP contribution < -0.4 is 19.7 Å². The van der Waals surface area contributed by atoms with Crippen LogP contribution in [0.4, 0.5) is 11.4 Å². The Morgan fingerprint density at radius 1 is 0.963 bits per heavy atom. The third kappa shape index (κ3) is 4.69. The molecule has 1 N–H and O–H groups in total. The van der Waals surface area contributed by atoms with Crippen LogP contribution in [0.15, 0.2) is 47.4 Å². The average Bonchev–Trinajstić information content (AvgIpc) is 3.13. The smallest absolute Gasteiger partial charge is 0.234 e. The van der Waals surface area contributed by atoms with Crippen molar-refractivity contribution in [3.8, 4) is 11.5 Å². The molecule has 1 saturated heterocycles. The van der Waals surface area contributed by atoms with Crippen LogP contribution in [0.2, 0.25) is 0 Å². The van der Waals surface area contributed by atoms with E-state index in [1.165, 1.54) is 30.3 Å². The summed E-state index contributed by atoms with van der Waals surface area (Å²) in [5.74, 6) is 1.88. The summed E-state index contributed by atoms with van der Waals surface area (Å²) < 4.78 is 11.3. The van der Waals surface area contributed by atoms with Crippen LogP contribution in [0, 0.1) is 0 Å². The maximum Gasteiger partial charge on any atom is 0.234 e. The van der Waals surface area contributed by atoms with Gasteiger partial charge in [0, 0.05) is 35.8 Å². The summed E-state index contributed by atoms with van der Waals surface area (Å²) in [6.45, 7) is 3.59. The number of amides is 1. The van der Waals surface area contributed by atoms with Crippen molar-refractivity contribution >= 4 is 29.0 Å². The Kier molecular flexibility index (Phi) is 5.72. The molecule has 0 aliphatic carbocycles. The summed E-state index contributed by atoms with van der Waals surface area (Å²) in [6.07, 6.45) is 3.40. The monoisotopic (exact) mass is 384 g/mol. The first-order chi connectivity index (χ1) is 13.3. The van der Waals surface area contributed by atoms with E-state index in [0.717, 1.165) is 41.6 Å². The molecule has 0 spiro atoms. The number of rotatable bonds is 5. The second kappa shape index (κ2) is 8.57. The predicted octanol–water partition coefficient (Wildman–Crippen LogP) is 4.18. The Bertz CT molecular complexity index is 789. The lowest BCUT2D eigenvalue weighted by atomic mass is 10.2. The van der Waals surface area contributed by atoms with E-state index in [9.17, 15) is 4.79 Å². The Hall–Kier alpha value is -2.34. The first-order valence-electron chi connectivity index (χ1n) is 9.45. The van der Waals surface area contributed by atoms with Crippen LogP contribution in [-0.2, 0) is 4.79 Å². The van der Waals surface area contributed by atoms with Gasteiger partial charge in [0.25, 0.3) is 0 Å². The number of fused-ring (bicyclic) bond motifs is 1.